The van der Waals surface area contributed by atoms with Crippen LogP contribution < -0.4 is 5.32 Å². The molecule has 0 saturated carbocycles. The molecule has 5 nitrogen and oxygen atoms in total. The summed E-state index contributed by atoms with van der Waals surface area (Å²) in [6.07, 6.45) is 0.800. The van der Waals surface area contributed by atoms with Crippen molar-refractivity contribution in [2.24, 2.45) is 0 Å². The van der Waals surface area contributed by atoms with Crippen LogP contribution in [0.1, 0.15) is 32.3 Å². The zero-order valence-electron chi connectivity index (χ0n) is 13.4. The van der Waals surface area contributed by atoms with Crippen LogP contribution in [0, 0.1) is 20.8 Å². The number of aromatic nitrogens is 3. The summed E-state index contributed by atoms with van der Waals surface area (Å²) in [6.45, 7) is 6.44. The number of carbonyl (C=O) groups is 1. The van der Waals surface area contributed by atoms with E-state index in [-0.39, 0.29) is 5.91 Å². The van der Waals surface area contributed by atoms with Crippen molar-refractivity contribution < 1.29 is 4.79 Å². The summed E-state index contributed by atoms with van der Waals surface area (Å²) in [5.74, 6) is -0.0888. The van der Waals surface area contributed by atoms with E-state index in [2.05, 4.69) is 20.3 Å². The van der Waals surface area contributed by atoms with Crippen LogP contribution in [0.4, 0.5) is 0 Å². The minimum absolute atomic E-state index is 0.0888. The van der Waals surface area contributed by atoms with Gasteiger partial charge < -0.3 is 5.32 Å². The molecule has 0 atom stereocenters. The van der Waals surface area contributed by atoms with Crippen LogP contribution in [0.5, 0.6) is 0 Å². The van der Waals surface area contributed by atoms with Crippen LogP contribution in [0.25, 0.3) is 11.0 Å². The van der Waals surface area contributed by atoms with E-state index in [1.165, 1.54) is 4.88 Å². The van der Waals surface area contributed by atoms with Crippen LogP contribution >= 0.6 is 11.3 Å². The van der Waals surface area contributed by atoms with Gasteiger partial charge in [0.15, 0.2) is 0 Å². The number of rotatable bonds is 4. The van der Waals surface area contributed by atoms with Crippen molar-refractivity contribution in [2.45, 2.75) is 27.2 Å². The number of carbonyl (C=O) groups excluding carboxylic acids is 1. The van der Waals surface area contributed by atoms with Gasteiger partial charge in [-0.15, -0.1) is 11.3 Å². The molecule has 0 aliphatic heterocycles. The van der Waals surface area contributed by atoms with E-state index in [0.717, 1.165) is 34.5 Å². The molecule has 6 heteroatoms. The Morgan fingerprint density at radius 1 is 1.09 bits per heavy atom. The maximum atomic E-state index is 12.3. The van der Waals surface area contributed by atoms with Gasteiger partial charge in [-0.3, -0.25) is 4.79 Å². The predicted molar refractivity (Wildman–Crippen MR) is 91.9 cm³/mol. The molecule has 0 bridgehead atoms. The summed E-state index contributed by atoms with van der Waals surface area (Å²) in [7, 11) is 0. The predicted octanol–water partition coefficient (Wildman–Crippen LogP) is 2.98. The number of hydrogen-bond donors (Lipinski definition) is 1. The van der Waals surface area contributed by atoms with Crippen LogP contribution in [0.2, 0.25) is 0 Å². The first kappa shape index (κ1) is 15.6. The quantitative estimate of drug-likeness (QED) is 0.800. The minimum Gasteiger partial charge on any atom is -0.352 e. The Labute approximate surface area is 138 Å². The van der Waals surface area contributed by atoms with Gasteiger partial charge >= 0.3 is 0 Å². The summed E-state index contributed by atoms with van der Waals surface area (Å²) in [6, 6.07) is 5.43. The molecule has 0 radical (unpaired) electrons. The fraction of sp³-hybridized carbons (Fsp3) is 0.294. The van der Waals surface area contributed by atoms with Crippen LogP contribution in [0.15, 0.2) is 23.7 Å². The fourth-order valence-corrected chi connectivity index (χ4v) is 3.11. The molecular weight excluding hydrogens is 308 g/mol. The Morgan fingerprint density at radius 2 is 1.83 bits per heavy atom. The molecule has 3 aromatic rings. The first-order valence-electron chi connectivity index (χ1n) is 7.47. The van der Waals surface area contributed by atoms with Gasteiger partial charge in [-0.25, -0.2) is 15.0 Å². The summed E-state index contributed by atoms with van der Waals surface area (Å²) in [5.41, 5.74) is 6.83. The number of aryl methyl sites for hydroxylation is 3. The molecule has 118 valence electrons. The van der Waals surface area contributed by atoms with Crippen LogP contribution in [0.3, 0.4) is 0 Å². The van der Waals surface area contributed by atoms with E-state index in [4.69, 9.17) is 0 Å². The summed E-state index contributed by atoms with van der Waals surface area (Å²) in [5, 5.41) is 2.95. The van der Waals surface area contributed by atoms with Crippen molar-refractivity contribution in [1.82, 2.24) is 20.3 Å². The number of hydrogen-bond acceptors (Lipinski definition) is 5. The van der Waals surface area contributed by atoms with Crippen molar-refractivity contribution in [1.29, 1.82) is 0 Å². The minimum atomic E-state index is -0.0888. The largest absolute Gasteiger partial charge is 0.352 e. The molecule has 1 aromatic carbocycles. The number of fused-ring (bicyclic) bond motifs is 1. The monoisotopic (exact) mass is 326 g/mol. The van der Waals surface area contributed by atoms with E-state index in [9.17, 15) is 4.79 Å². The van der Waals surface area contributed by atoms with E-state index in [0.29, 0.717) is 12.1 Å². The topological polar surface area (TPSA) is 67.8 Å². The molecule has 2 heterocycles. The van der Waals surface area contributed by atoms with Gasteiger partial charge in [0.1, 0.15) is 0 Å². The van der Waals surface area contributed by atoms with Crippen LogP contribution in [-0.2, 0) is 6.42 Å². The summed E-state index contributed by atoms with van der Waals surface area (Å²) >= 11 is 1.62. The van der Waals surface area contributed by atoms with E-state index in [1.54, 1.807) is 23.5 Å². The van der Waals surface area contributed by atoms with Crippen molar-refractivity contribution in [3.8, 4) is 0 Å². The molecule has 2 aromatic heterocycles. The molecule has 0 aliphatic rings. The summed E-state index contributed by atoms with van der Waals surface area (Å²) in [4.78, 5) is 26.7. The third-order valence-corrected chi connectivity index (χ3v) is 4.81. The standard InChI is InChI=1S/C17H18N4OS/c1-10-11(2)21-15-8-13(4-5-14(15)20-10)17(22)18-7-6-16-12(3)19-9-23-16/h4-5,8-9H,6-7H2,1-3H3,(H,18,22). The van der Waals surface area contributed by atoms with E-state index >= 15 is 0 Å². The van der Waals surface area contributed by atoms with Gasteiger partial charge in [0, 0.05) is 23.4 Å². The van der Waals surface area contributed by atoms with Gasteiger partial charge in [-0.1, -0.05) is 0 Å². The normalized spacial score (nSPS) is 10.9. The van der Waals surface area contributed by atoms with Crippen molar-refractivity contribution in [3.63, 3.8) is 0 Å². The smallest absolute Gasteiger partial charge is 0.251 e. The number of thiazole rings is 1. The average Bonchev–Trinajstić information content (AvgIpc) is 2.93. The Bertz CT molecular complexity index is 872. The molecule has 0 saturated heterocycles. The molecule has 0 spiro atoms. The Kier molecular flexibility index (Phi) is 4.34. The number of nitrogens with zero attached hydrogens (tertiary/aromatic N) is 3. The molecule has 3 rings (SSSR count). The Balaban J connectivity index is 1.70. The maximum Gasteiger partial charge on any atom is 0.251 e. The molecule has 0 aliphatic carbocycles. The fourth-order valence-electron chi connectivity index (χ4n) is 2.33. The van der Waals surface area contributed by atoms with Gasteiger partial charge in [-0.05, 0) is 39.0 Å². The average molecular weight is 326 g/mol. The van der Waals surface area contributed by atoms with E-state index in [1.807, 2.05) is 32.3 Å². The third kappa shape index (κ3) is 3.37. The van der Waals surface area contributed by atoms with Crippen molar-refractivity contribution in [3.05, 3.63) is 51.2 Å². The highest BCUT2D eigenvalue weighted by molar-refractivity contribution is 7.09. The Morgan fingerprint density at radius 3 is 2.52 bits per heavy atom. The highest BCUT2D eigenvalue weighted by Gasteiger charge is 2.09. The second kappa shape index (κ2) is 6.42. The lowest BCUT2D eigenvalue weighted by Gasteiger charge is -2.07. The molecule has 1 N–H and O–H groups in total. The number of amides is 1. The molecule has 23 heavy (non-hydrogen) atoms. The second-order valence-corrected chi connectivity index (χ2v) is 6.40. The van der Waals surface area contributed by atoms with Gasteiger partial charge in [0.25, 0.3) is 5.91 Å². The zero-order chi connectivity index (χ0) is 16.4. The van der Waals surface area contributed by atoms with Gasteiger partial charge in [0.05, 0.1) is 33.6 Å². The first-order valence-corrected chi connectivity index (χ1v) is 8.34. The number of benzene rings is 1. The van der Waals surface area contributed by atoms with Crippen LogP contribution in [-0.4, -0.2) is 27.4 Å². The highest BCUT2D eigenvalue weighted by atomic mass is 32.1. The second-order valence-electron chi connectivity index (χ2n) is 5.46. The highest BCUT2D eigenvalue weighted by Crippen LogP contribution is 2.15. The summed E-state index contributed by atoms with van der Waals surface area (Å²) < 4.78 is 0. The van der Waals surface area contributed by atoms with Crippen molar-refractivity contribution >= 4 is 28.3 Å². The molecule has 1 amide bonds. The molecule has 0 unspecified atom stereocenters. The van der Waals surface area contributed by atoms with Crippen molar-refractivity contribution in [2.75, 3.05) is 6.54 Å². The lowest BCUT2D eigenvalue weighted by atomic mass is 10.1. The Hall–Kier alpha value is -2.34. The first-order chi connectivity index (χ1) is 11.0. The van der Waals surface area contributed by atoms with Gasteiger partial charge in [-0.2, -0.15) is 0 Å². The molecule has 0 fully saturated rings. The molecular formula is C17H18N4OS. The third-order valence-electron chi connectivity index (χ3n) is 3.82. The SMILES string of the molecule is Cc1nc2ccc(C(=O)NCCc3scnc3C)cc2nc1C. The lowest BCUT2D eigenvalue weighted by molar-refractivity contribution is 0.0954. The van der Waals surface area contributed by atoms with E-state index < -0.39 is 0 Å². The van der Waals surface area contributed by atoms with Gasteiger partial charge in [0.2, 0.25) is 0 Å². The lowest BCUT2D eigenvalue weighted by Crippen LogP contribution is -2.25. The zero-order valence-corrected chi connectivity index (χ0v) is 14.2. The maximum absolute atomic E-state index is 12.3. The number of nitrogens with one attached hydrogen (secondary N) is 1.